The van der Waals surface area contributed by atoms with Crippen LogP contribution in [0.2, 0.25) is 0 Å². The number of hydrogen-bond donors (Lipinski definition) is 1. The van der Waals surface area contributed by atoms with Crippen LogP contribution in [0, 0.1) is 17.7 Å². The predicted molar refractivity (Wildman–Crippen MR) is 98.3 cm³/mol. The molecule has 0 unspecified atom stereocenters. The Morgan fingerprint density at radius 2 is 2.04 bits per heavy atom. The molecule has 0 spiro atoms. The molecule has 5 heteroatoms. The van der Waals surface area contributed by atoms with Crippen LogP contribution in [0.4, 0.5) is 4.39 Å². The van der Waals surface area contributed by atoms with Gasteiger partial charge < -0.3 is 15.0 Å². The van der Waals surface area contributed by atoms with Crippen LogP contribution in [0.1, 0.15) is 38.7 Å². The van der Waals surface area contributed by atoms with E-state index in [9.17, 15) is 9.18 Å². The van der Waals surface area contributed by atoms with Gasteiger partial charge in [-0.3, -0.25) is 4.79 Å². The summed E-state index contributed by atoms with van der Waals surface area (Å²) in [4.78, 5) is 14.4. The van der Waals surface area contributed by atoms with Crippen LogP contribution in [0.3, 0.4) is 0 Å². The molecule has 0 aliphatic carbocycles. The number of likely N-dealkylation sites (tertiary alicyclic amines) is 1. The summed E-state index contributed by atoms with van der Waals surface area (Å²) < 4.78 is 18.5. The third-order valence-electron chi connectivity index (χ3n) is 4.77. The Labute approximate surface area is 150 Å². The van der Waals surface area contributed by atoms with Gasteiger partial charge >= 0.3 is 0 Å². The van der Waals surface area contributed by atoms with E-state index < -0.39 is 0 Å². The monoisotopic (exact) mass is 350 g/mol. The van der Waals surface area contributed by atoms with Gasteiger partial charge in [-0.15, -0.1) is 0 Å². The molecular weight excluding hydrogens is 319 g/mol. The number of rotatable bonds is 8. The maximum atomic E-state index is 13.6. The molecule has 1 aliphatic heterocycles. The number of aryl methyl sites for hydroxylation is 1. The van der Waals surface area contributed by atoms with E-state index >= 15 is 0 Å². The fourth-order valence-electron chi connectivity index (χ4n) is 3.72. The number of carbonyl (C=O) groups excluding carboxylic acids is 1. The molecule has 4 nitrogen and oxygen atoms in total. The highest BCUT2D eigenvalue weighted by molar-refractivity contribution is 5.76. The lowest BCUT2D eigenvalue weighted by Crippen LogP contribution is -2.40. The summed E-state index contributed by atoms with van der Waals surface area (Å²) in [6, 6.07) is 4.84. The van der Waals surface area contributed by atoms with Crippen LogP contribution >= 0.6 is 0 Å². The second kappa shape index (κ2) is 9.76. The molecular formula is C20H31FN2O2. The summed E-state index contributed by atoms with van der Waals surface area (Å²) in [5, 5.41) is 2.97. The molecule has 1 saturated heterocycles. The second-order valence-corrected chi connectivity index (χ2v) is 7.38. The van der Waals surface area contributed by atoms with Crippen molar-refractivity contribution in [1.29, 1.82) is 0 Å². The van der Waals surface area contributed by atoms with Crippen molar-refractivity contribution >= 4 is 5.91 Å². The Morgan fingerprint density at radius 1 is 1.32 bits per heavy atom. The third-order valence-corrected chi connectivity index (χ3v) is 4.77. The zero-order valence-corrected chi connectivity index (χ0v) is 15.7. The highest BCUT2D eigenvalue weighted by atomic mass is 19.1. The standard InChI is InChI=1S/C20H31FN2O2/c1-15-11-16(2)14-23(13-15)10-4-9-22-20(24)8-6-17-5-7-19(25-3)18(21)12-17/h5,7,12,15-16H,4,6,8-11,13-14H2,1-3H3,(H,22,24)/t15-,16+. The fourth-order valence-corrected chi connectivity index (χ4v) is 3.72. The summed E-state index contributed by atoms with van der Waals surface area (Å²) in [5.41, 5.74) is 0.810. The van der Waals surface area contributed by atoms with Crippen molar-refractivity contribution in [3.8, 4) is 5.75 Å². The minimum Gasteiger partial charge on any atom is -0.494 e. The molecule has 1 aromatic rings. The molecule has 1 aromatic carbocycles. The van der Waals surface area contributed by atoms with Crippen molar-refractivity contribution in [1.82, 2.24) is 10.2 Å². The lowest BCUT2D eigenvalue weighted by molar-refractivity contribution is -0.121. The fraction of sp³-hybridized carbons (Fsp3) is 0.650. The molecule has 1 fully saturated rings. The Balaban J connectivity index is 1.62. The van der Waals surface area contributed by atoms with E-state index in [-0.39, 0.29) is 17.5 Å². The average molecular weight is 350 g/mol. The van der Waals surface area contributed by atoms with E-state index in [0.717, 1.165) is 30.4 Å². The Bertz CT molecular complexity index is 555. The van der Waals surface area contributed by atoms with E-state index in [1.807, 2.05) is 0 Å². The SMILES string of the molecule is COc1ccc(CCC(=O)NCCCN2C[C@H](C)C[C@H](C)C2)cc1F. The number of carbonyl (C=O) groups is 1. The molecule has 1 N–H and O–H groups in total. The summed E-state index contributed by atoms with van der Waals surface area (Å²) >= 11 is 0. The normalized spacial score (nSPS) is 21.1. The number of hydrogen-bond acceptors (Lipinski definition) is 3. The summed E-state index contributed by atoms with van der Waals surface area (Å²) in [5.74, 6) is 1.41. The van der Waals surface area contributed by atoms with Crippen LogP contribution in [-0.4, -0.2) is 44.1 Å². The minimum atomic E-state index is -0.384. The van der Waals surface area contributed by atoms with Gasteiger partial charge in [-0.1, -0.05) is 19.9 Å². The number of methoxy groups -OCH3 is 1. The quantitative estimate of drug-likeness (QED) is 0.732. The highest BCUT2D eigenvalue weighted by Gasteiger charge is 2.21. The summed E-state index contributed by atoms with van der Waals surface area (Å²) in [6.45, 7) is 8.70. The Kier molecular flexibility index (Phi) is 7.69. The lowest BCUT2D eigenvalue weighted by Gasteiger charge is -2.34. The smallest absolute Gasteiger partial charge is 0.220 e. The van der Waals surface area contributed by atoms with E-state index in [2.05, 4.69) is 24.1 Å². The first-order chi connectivity index (χ1) is 12.0. The van der Waals surface area contributed by atoms with Gasteiger partial charge in [0.1, 0.15) is 0 Å². The summed E-state index contributed by atoms with van der Waals surface area (Å²) in [6.07, 6.45) is 3.21. The third kappa shape index (κ3) is 6.65. The van der Waals surface area contributed by atoms with Gasteiger partial charge in [-0.25, -0.2) is 4.39 Å². The van der Waals surface area contributed by atoms with Gasteiger partial charge in [0.15, 0.2) is 11.6 Å². The number of nitrogens with zero attached hydrogens (tertiary/aromatic N) is 1. The zero-order valence-electron chi connectivity index (χ0n) is 15.7. The van der Waals surface area contributed by atoms with E-state index in [0.29, 0.717) is 19.4 Å². The van der Waals surface area contributed by atoms with Crippen LogP contribution in [0.25, 0.3) is 0 Å². The lowest BCUT2D eigenvalue weighted by atomic mass is 9.92. The van der Waals surface area contributed by atoms with E-state index in [4.69, 9.17) is 4.74 Å². The first-order valence-electron chi connectivity index (χ1n) is 9.29. The van der Waals surface area contributed by atoms with Gasteiger partial charge in [0, 0.05) is 26.1 Å². The number of piperidine rings is 1. The maximum absolute atomic E-state index is 13.6. The maximum Gasteiger partial charge on any atom is 0.220 e. The number of halogens is 1. The van der Waals surface area contributed by atoms with Crippen LogP contribution < -0.4 is 10.1 Å². The molecule has 1 aliphatic rings. The van der Waals surface area contributed by atoms with Crippen molar-refractivity contribution in [2.45, 2.75) is 39.5 Å². The molecule has 1 heterocycles. The van der Waals surface area contributed by atoms with Crippen LogP contribution in [0.15, 0.2) is 18.2 Å². The number of amides is 1. The number of ether oxygens (including phenoxy) is 1. The van der Waals surface area contributed by atoms with Gasteiger partial charge in [-0.05, 0) is 55.3 Å². The Hall–Kier alpha value is -1.62. The molecule has 2 atom stereocenters. The van der Waals surface area contributed by atoms with Crippen molar-refractivity contribution in [3.63, 3.8) is 0 Å². The average Bonchev–Trinajstić information content (AvgIpc) is 2.56. The molecule has 140 valence electrons. The second-order valence-electron chi connectivity index (χ2n) is 7.38. The van der Waals surface area contributed by atoms with Gasteiger partial charge in [0.05, 0.1) is 7.11 Å². The number of benzene rings is 1. The molecule has 0 saturated carbocycles. The van der Waals surface area contributed by atoms with Gasteiger partial charge in [0.25, 0.3) is 0 Å². The first kappa shape index (κ1) is 19.7. The minimum absolute atomic E-state index is 0.0246. The summed E-state index contributed by atoms with van der Waals surface area (Å²) in [7, 11) is 1.44. The van der Waals surface area contributed by atoms with Crippen molar-refractivity contribution < 1.29 is 13.9 Å². The van der Waals surface area contributed by atoms with Crippen molar-refractivity contribution in [3.05, 3.63) is 29.6 Å². The first-order valence-corrected chi connectivity index (χ1v) is 9.29. The van der Waals surface area contributed by atoms with Gasteiger partial charge in [-0.2, -0.15) is 0 Å². The largest absolute Gasteiger partial charge is 0.494 e. The number of nitrogens with one attached hydrogen (secondary N) is 1. The molecule has 1 amide bonds. The Morgan fingerprint density at radius 3 is 2.68 bits per heavy atom. The molecule has 2 rings (SSSR count). The van der Waals surface area contributed by atoms with Crippen molar-refractivity contribution in [2.75, 3.05) is 33.3 Å². The van der Waals surface area contributed by atoms with E-state index in [1.165, 1.54) is 32.7 Å². The van der Waals surface area contributed by atoms with Crippen molar-refractivity contribution in [2.24, 2.45) is 11.8 Å². The highest BCUT2D eigenvalue weighted by Crippen LogP contribution is 2.21. The predicted octanol–water partition coefficient (Wildman–Crippen LogP) is 3.25. The zero-order chi connectivity index (χ0) is 18.2. The molecule has 0 radical (unpaired) electrons. The topological polar surface area (TPSA) is 41.6 Å². The molecule has 25 heavy (non-hydrogen) atoms. The molecule has 0 bridgehead atoms. The van der Waals surface area contributed by atoms with Crippen LogP contribution in [-0.2, 0) is 11.2 Å². The van der Waals surface area contributed by atoms with Crippen LogP contribution in [0.5, 0.6) is 5.75 Å². The molecule has 0 aromatic heterocycles. The van der Waals surface area contributed by atoms with E-state index in [1.54, 1.807) is 12.1 Å². The van der Waals surface area contributed by atoms with Gasteiger partial charge in [0.2, 0.25) is 5.91 Å².